The van der Waals surface area contributed by atoms with Crippen LogP contribution in [-0.2, 0) is 9.84 Å². The van der Waals surface area contributed by atoms with Gasteiger partial charge in [0.2, 0.25) is 0 Å². The first kappa shape index (κ1) is 6.01. The van der Waals surface area contributed by atoms with E-state index in [1.165, 1.54) is 0 Å². The van der Waals surface area contributed by atoms with E-state index in [2.05, 4.69) is 0 Å². The van der Waals surface area contributed by atoms with Gasteiger partial charge in [0, 0.05) is 13.0 Å². The van der Waals surface area contributed by atoms with Crippen molar-refractivity contribution in [2.45, 2.75) is 18.6 Å². The van der Waals surface area contributed by atoms with Crippen LogP contribution >= 0.6 is 0 Å². The van der Waals surface area contributed by atoms with Gasteiger partial charge in [-0.15, -0.1) is 0 Å². The van der Waals surface area contributed by atoms with E-state index in [9.17, 15) is 5.11 Å². The zero-order valence-electron chi connectivity index (χ0n) is 4.54. The van der Waals surface area contributed by atoms with E-state index in [1.807, 2.05) is 0 Å². The summed E-state index contributed by atoms with van der Waals surface area (Å²) in [6.07, 6.45) is -1.14. The molecule has 0 spiro atoms. The quantitative estimate of drug-likeness (QED) is 0.468. The Balaban J connectivity index is 2.28. The number of aliphatic hydroxyl groups is 1. The summed E-state index contributed by atoms with van der Waals surface area (Å²) in [7, 11) is 0. The van der Waals surface area contributed by atoms with Crippen LogP contribution in [0.2, 0.25) is 0 Å². The summed E-state index contributed by atoms with van der Waals surface area (Å²) in [6, 6.07) is 0. The van der Waals surface area contributed by atoms with Gasteiger partial charge in [-0.2, -0.15) is 0 Å². The zero-order chi connectivity index (χ0) is 5.98. The normalized spacial score (nSPS) is 39.8. The Hall–Kier alpha value is -0.120. The largest absolute Gasteiger partial charge is 0.388 e. The number of aliphatic hydroxyl groups excluding tert-OH is 1. The number of rotatable bonds is 0. The fraction of sp³-hybridized carbons (Fsp3) is 1.00. The second-order valence-corrected chi connectivity index (χ2v) is 1.97. The van der Waals surface area contributed by atoms with E-state index >= 15 is 0 Å². The minimum atomic E-state index is -0.816. The van der Waals surface area contributed by atoms with Crippen LogP contribution in [0.3, 0.4) is 0 Å². The van der Waals surface area contributed by atoms with Crippen molar-refractivity contribution < 1.29 is 14.9 Å². The van der Waals surface area contributed by atoms with Crippen LogP contribution in [0.4, 0.5) is 0 Å². The average molecular weight is 117 g/mol. The van der Waals surface area contributed by atoms with E-state index in [0.717, 1.165) is 0 Å². The van der Waals surface area contributed by atoms with E-state index in [-0.39, 0.29) is 6.61 Å². The lowest BCUT2D eigenvalue weighted by Crippen LogP contribution is -2.35. The van der Waals surface area contributed by atoms with Gasteiger partial charge in [0.15, 0.2) is 0 Å². The Morgan fingerprint density at radius 3 is 2.75 bits per heavy atom. The summed E-state index contributed by atoms with van der Waals surface area (Å²) in [4.78, 5) is 0. The van der Waals surface area contributed by atoms with Crippen molar-refractivity contribution in [1.82, 2.24) is 0 Å². The Kier molecular flexibility index (Phi) is 1.83. The van der Waals surface area contributed by atoms with Gasteiger partial charge in [0.1, 0.15) is 12.2 Å². The molecule has 3 heteroatoms. The molecule has 0 aromatic heterocycles. The summed E-state index contributed by atoms with van der Waals surface area (Å²) in [5.41, 5.74) is 0. The molecule has 1 aliphatic heterocycles. The highest BCUT2D eigenvalue weighted by atomic mass is 16.5. The minimum Gasteiger partial charge on any atom is -0.388 e. The maximum atomic E-state index is 10.5. The van der Waals surface area contributed by atoms with Gasteiger partial charge in [-0.1, -0.05) is 0 Å². The Labute approximate surface area is 47.9 Å². The van der Waals surface area contributed by atoms with Crippen LogP contribution in [0.1, 0.15) is 6.42 Å². The highest BCUT2D eigenvalue weighted by Crippen LogP contribution is 2.06. The van der Waals surface area contributed by atoms with E-state index in [1.54, 1.807) is 0 Å². The second-order valence-electron chi connectivity index (χ2n) is 1.97. The highest BCUT2D eigenvalue weighted by molar-refractivity contribution is 4.69. The summed E-state index contributed by atoms with van der Waals surface area (Å²) in [6.45, 7) is 0.722. The smallest absolute Gasteiger partial charge is 0.123 e. The standard InChI is InChI=1S/C5H9O3/c6-4-1-2-8-3-5(4)7/h4-5,7H,1-3H2. The molecule has 1 N–H and O–H groups in total. The molecule has 0 bridgehead atoms. The molecule has 0 aliphatic carbocycles. The van der Waals surface area contributed by atoms with Crippen molar-refractivity contribution in [2.24, 2.45) is 0 Å². The molecule has 1 saturated heterocycles. The van der Waals surface area contributed by atoms with Crippen LogP contribution in [-0.4, -0.2) is 30.5 Å². The average Bonchev–Trinajstić information content (AvgIpc) is 1.77. The fourth-order valence-corrected chi connectivity index (χ4v) is 0.703. The highest BCUT2D eigenvalue weighted by Gasteiger charge is 2.21. The molecular formula is C5H9O3. The number of hydrogen-bond donors (Lipinski definition) is 1. The van der Waals surface area contributed by atoms with E-state index < -0.39 is 12.2 Å². The predicted molar refractivity (Wildman–Crippen MR) is 25.9 cm³/mol. The third-order valence-corrected chi connectivity index (χ3v) is 1.26. The Bertz CT molecular complexity index is 64.1. The molecule has 1 radical (unpaired) electrons. The van der Waals surface area contributed by atoms with Crippen LogP contribution in [0.5, 0.6) is 0 Å². The van der Waals surface area contributed by atoms with Crippen LogP contribution in [0.15, 0.2) is 0 Å². The molecule has 1 aliphatic rings. The summed E-state index contributed by atoms with van der Waals surface area (Å²) >= 11 is 0. The van der Waals surface area contributed by atoms with Crippen molar-refractivity contribution in [1.29, 1.82) is 0 Å². The zero-order valence-corrected chi connectivity index (χ0v) is 4.54. The lowest BCUT2D eigenvalue weighted by molar-refractivity contribution is -0.110. The van der Waals surface area contributed by atoms with Gasteiger partial charge in [-0.25, -0.2) is 5.11 Å². The van der Waals surface area contributed by atoms with Gasteiger partial charge < -0.3 is 9.84 Å². The SMILES string of the molecule is [O]C1CCOCC1O. The topological polar surface area (TPSA) is 49.4 Å². The molecule has 0 aromatic rings. The maximum Gasteiger partial charge on any atom is 0.123 e. The number of ether oxygens (including phenoxy) is 1. The third-order valence-electron chi connectivity index (χ3n) is 1.26. The first-order chi connectivity index (χ1) is 3.80. The first-order valence-corrected chi connectivity index (χ1v) is 2.72. The summed E-state index contributed by atoms with van der Waals surface area (Å²) in [5, 5.41) is 19.3. The molecule has 1 fully saturated rings. The molecule has 47 valence electrons. The lowest BCUT2D eigenvalue weighted by Gasteiger charge is -2.20. The molecule has 1 rings (SSSR count). The lowest BCUT2D eigenvalue weighted by atomic mass is 10.1. The molecule has 2 atom stereocenters. The van der Waals surface area contributed by atoms with Crippen LogP contribution in [0.25, 0.3) is 0 Å². The Morgan fingerprint density at radius 2 is 2.38 bits per heavy atom. The fourth-order valence-electron chi connectivity index (χ4n) is 0.703. The van der Waals surface area contributed by atoms with Gasteiger partial charge in [-0.05, 0) is 0 Å². The predicted octanol–water partition coefficient (Wildman–Crippen LogP) is -0.433. The molecular weight excluding hydrogens is 108 g/mol. The third kappa shape index (κ3) is 1.18. The van der Waals surface area contributed by atoms with Crippen molar-refractivity contribution in [3.63, 3.8) is 0 Å². The van der Waals surface area contributed by atoms with E-state index in [4.69, 9.17) is 9.84 Å². The molecule has 0 amide bonds. The van der Waals surface area contributed by atoms with Crippen LogP contribution in [0, 0.1) is 0 Å². The molecule has 0 saturated carbocycles. The maximum absolute atomic E-state index is 10.5. The van der Waals surface area contributed by atoms with Gasteiger partial charge in [0.25, 0.3) is 0 Å². The molecule has 3 nitrogen and oxygen atoms in total. The second kappa shape index (κ2) is 2.44. The van der Waals surface area contributed by atoms with Crippen LogP contribution < -0.4 is 0 Å². The minimum absolute atomic E-state index is 0.216. The van der Waals surface area contributed by atoms with Crippen molar-refractivity contribution >= 4 is 0 Å². The van der Waals surface area contributed by atoms with Gasteiger partial charge >= 0.3 is 0 Å². The molecule has 8 heavy (non-hydrogen) atoms. The first-order valence-electron chi connectivity index (χ1n) is 2.72. The van der Waals surface area contributed by atoms with Crippen molar-refractivity contribution in [3.05, 3.63) is 0 Å². The molecule has 0 aromatic carbocycles. The van der Waals surface area contributed by atoms with E-state index in [0.29, 0.717) is 13.0 Å². The van der Waals surface area contributed by atoms with Crippen molar-refractivity contribution in [2.75, 3.05) is 13.2 Å². The van der Waals surface area contributed by atoms with Gasteiger partial charge in [-0.3, -0.25) is 0 Å². The van der Waals surface area contributed by atoms with Crippen molar-refractivity contribution in [3.8, 4) is 0 Å². The molecule has 2 unspecified atom stereocenters. The molecule has 1 heterocycles. The summed E-state index contributed by atoms with van der Waals surface area (Å²) in [5.74, 6) is 0. The number of hydrogen-bond acceptors (Lipinski definition) is 2. The Morgan fingerprint density at radius 1 is 1.62 bits per heavy atom. The monoisotopic (exact) mass is 117 g/mol. The summed E-state index contributed by atoms with van der Waals surface area (Å²) < 4.78 is 4.80. The van der Waals surface area contributed by atoms with Gasteiger partial charge in [0.05, 0.1) is 6.61 Å².